The van der Waals surface area contributed by atoms with Gasteiger partial charge < -0.3 is 10.4 Å². The molecule has 13 heavy (non-hydrogen) atoms. The largest absolute Gasteiger partial charge is 0.393 e. The van der Waals surface area contributed by atoms with Gasteiger partial charge in [0.2, 0.25) is 0 Å². The summed E-state index contributed by atoms with van der Waals surface area (Å²) in [6, 6.07) is 0.497. The summed E-state index contributed by atoms with van der Waals surface area (Å²) in [5.41, 5.74) is 0. The fourth-order valence-electron chi connectivity index (χ4n) is 1.61. The smallest absolute Gasteiger partial charge is 0.0526 e. The molecule has 0 saturated carbocycles. The van der Waals surface area contributed by atoms with Crippen molar-refractivity contribution in [2.24, 2.45) is 0 Å². The first-order valence-electron chi connectivity index (χ1n) is 5.56. The van der Waals surface area contributed by atoms with Crippen LogP contribution in [-0.4, -0.2) is 24.3 Å². The van der Waals surface area contributed by atoms with Crippen molar-refractivity contribution in [3.05, 3.63) is 0 Å². The first-order valence-corrected chi connectivity index (χ1v) is 5.56. The number of rotatable bonds is 8. The van der Waals surface area contributed by atoms with Crippen LogP contribution >= 0.6 is 0 Å². The second kappa shape index (κ2) is 8.52. The Labute approximate surface area is 82.7 Å². The molecule has 0 aliphatic rings. The Bertz CT molecular complexity index is 104. The molecule has 0 bridgehead atoms. The summed E-state index contributed by atoms with van der Waals surface area (Å²) in [7, 11) is 1.98. The maximum Gasteiger partial charge on any atom is 0.0526 e. The number of aliphatic hydroxyl groups excluding tert-OH is 1. The van der Waals surface area contributed by atoms with Gasteiger partial charge in [0, 0.05) is 6.04 Å². The Balaban J connectivity index is 3.36. The van der Waals surface area contributed by atoms with Gasteiger partial charge in [0.05, 0.1) is 6.10 Å². The zero-order valence-electron chi connectivity index (χ0n) is 9.34. The van der Waals surface area contributed by atoms with Crippen LogP contribution in [-0.2, 0) is 0 Å². The second-order valence-electron chi connectivity index (χ2n) is 3.92. The average molecular weight is 187 g/mol. The summed E-state index contributed by atoms with van der Waals surface area (Å²) in [5, 5.41) is 12.5. The Morgan fingerprint density at radius 2 is 1.92 bits per heavy atom. The van der Waals surface area contributed by atoms with E-state index in [1.54, 1.807) is 0 Å². The van der Waals surface area contributed by atoms with Crippen LogP contribution < -0.4 is 5.32 Å². The highest BCUT2D eigenvalue weighted by molar-refractivity contribution is 4.67. The van der Waals surface area contributed by atoms with Gasteiger partial charge in [-0.05, 0) is 26.8 Å². The zero-order valence-corrected chi connectivity index (χ0v) is 9.34. The molecule has 2 unspecified atom stereocenters. The molecule has 0 aromatic carbocycles. The standard InChI is InChI=1S/C11H25NO/c1-4-5-6-7-8-11(12-3)9-10(2)13/h10-13H,4-9H2,1-3H3. The van der Waals surface area contributed by atoms with Crippen LogP contribution in [0.25, 0.3) is 0 Å². The molecule has 0 heterocycles. The molecular formula is C11H25NO. The van der Waals surface area contributed by atoms with Gasteiger partial charge >= 0.3 is 0 Å². The SMILES string of the molecule is CCCCCCC(CC(C)O)NC. The predicted molar refractivity (Wildman–Crippen MR) is 57.9 cm³/mol. The van der Waals surface area contributed by atoms with E-state index in [0.717, 1.165) is 6.42 Å². The highest BCUT2D eigenvalue weighted by Gasteiger charge is 2.08. The minimum Gasteiger partial charge on any atom is -0.393 e. The van der Waals surface area contributed by atoms with E-state index in [4.69, 9.17) is 0 Å². The van der Waals surface area contributed by atoms with Crippen molar-refractivity contribution in [2.75, 3.05) is 7.05 Å². The van der Waals surface area contributed by atoms with E-state index in [1.807, 2.05) is 14.0 Å². The number of hydrogen-bond donors (Lipinski definition) is 2. The fourth-order valence-corrected chi connectivity index (χ4v) is 1.61. The fraction of sp³-hybridized carbons (Fsp3) is 1.00. The van der Waals surface area contributed by atoms with Crippen LogP contribution in [0.4, 0.5) is 0 Å². The van der Waals surface area contributed by atoms with Gasteiger partial charge in [0.25, 0.3) is 0 Å². The van der Waals surface area contributed by atoms with Gasteiger partial charge in [-0.3, -0.25) is 0 Å². The lowest BCUT2D eigenvalue weighted by Crippen LogP contribution is -2.28. The van der Waals surface area contributed by atoms with Crippen LogP contribution in [0.5, 0.6) is 0 Å². The molecule has 2 atom stereocenters. The van der Waals surface area contributed by atoms with E-state index in [-0.39, 0.29) is 6.10 Å². The summed E-state index contributed by atoms with van der Waals surface area (Å²) in [5.74, 6) is 0. The Kier molecular flexibility index (Phi) is 8.46. The molecule has 0 spiro atoms. The molecule has 0 amide bonds. The lowest BCUT2D eigenvalue weighted by Gasteiger charge is -2.17. The first-order chi connectivity index (χ1) is 6.20. The lowest BCUT2D eigenvalue weighted by molar-refractivity contribution is 0.166. The molecule has 0 saturated heterocycles. The van der Waals surface area contributed by atoms with Gasteiger partial charge in [-0.25, -0.2) is 0 Å². The lowest BCUT2D eigenvalue weighted by atomic mass is 10.0. The Hall–Kier alpha value is -0.0800. The van der Waals surface area contributed by atoms with Gasteiger partial charge in [0.15, 0.2) is 0 Å². The van der Waals surface area contributed by atoms with Gasteiger partial charge in [-0.15, -0.1) is 0 Å². The van der Waals surface area contributed by atoms with E-state index in [0.29, 0.717) is 6.04 Å². The maximum absolute atomic E-state index is 9.22. The Morgan fingerprint density at radius 3 is 2.38 bits per heavy atom. The van der Waals surface area contributed by atoms with Crippen LogP contribution in [0, 0.1) is 0 Å². The van der Waals surface area contributed by atoms with E-state index in [9.17, 15) is 5.11 Å². The molecule has 2 N–H and O–H groups in total. The number of unbranched alkanes of at least 4 members (excludes halogenated alkanes) is 3. The third-order valence-electron chi connectivity index (χ3n) is 2.44. The second-order valence-corrected chi connectivity index (χ2v) is 3.92. The quantitative estimate of drug-likeness (QED) is 0.572. The van der Waals surface area contributed by atoms with Crippen molar-refractivity contribution in [2.45, 2.75) is 64.5 Å². The van der Waals surface area contributed by atoms with E-state index < -0.39 is 0 Å². The highest BCUT2D eigenvalue weighted by Crippen LogP contribution is 2.09. The van der Waals surface area contributed by atoms with Gasteiger partial charge in [0.1, 0.15) is 0 Å². The van der Waals surface area contributed by atoms with E-state index in [1.165, 1.54) is 32.1 Å². The normalized spacial score (nSPS) is 15.7. The minimum atomic E-state index is -0.177. The average Bonchev–Trinajstić information content (AvgIpc) is 2.09. The van der Waals surface area contributed by atoms with Crippen molar-refractivity contribution < 1.29 is 5.11 Å². The summed E-state index contributed by atoms with van der Waals surface area (Å²) in [6.07, 6.45) is 7.14. The third kappa shape index (κ3) is 8.26. The molecule has 0 fully saturated rings. The monoisotopic (exact) mass is 187 g/mol. The summed E-state index contributed by atoms with van der Waals surface area (Å²) >= 11 is 0. The topological polar surface area (TPSA) is 32.3 Å². The Morgan fingerprint density at radius 1 is 1.23 bits per heavy atom. The molecule has 0 aromatic rings. The summed E-state index contributed by atoms with van der Waals surface area (Å²) in [4.78, 5) is 0. The number of nitrogens with one attached hydrogen (secondary N) is 1. The van der Waals surface area contributed by atoms with Crippen molar-refractivity contribution in [3.63, 3.8) is 0 Å². The van der Waals surface area contributed by atoms with Crippen molar-refractivity contribution in [1.82, 2.24) is 5.32 Å². The third-order valence-corrected chi connectivity index (χ3v) is 2.44. The molecule has 2 nitrogen and oxygen atoms in total. The summed E-state index contributed by atoms with van der Waals surface area (Å²) < 4.78 is 0. The highest BCUT2D eigenvalue weighted by atomic mass is 16.3. The maximum atomic E-state index is 9.22. The van der Waals surface area contributed by atoms with Crippen molar-refractivity contribution >= 4 is 0 Å². The molecule has 80 valence electrons. The minimum absolute atomic E-state index is 0.177. The number of aliphatic hydroxyl groups is 1. The van der Waals surface area contributed by atoms with Gasteiger partial charge in [-0.2, -0.15) is 0 Å². The van der Waals surface area contributed by atoms with Crippen LogP contribution in [0.2, 0.25) is 0 Å². The first kappa shape index (κ1) is 12.9. The van der Waals surface area contributed by atoms with Crippen LogP contribution in [0.1, 0.15) is 52.4 Å². The molecule has 0 aliphatic carbocycles. The molecule has 0 rings (SSSR count). The molecular weight excluding hydrogens is 162 g/mol. The summed E-state index contributed by atoms with van der Waals surface area (Å²) in [6.45, 7) is 4.09. The predicted octanol–water partition coefficient (Wildman–Crippen LogP) is 2.32. The van der Waals surface area contributed by atoms with Crippen molar-refractivity contribution in [1.29, 1.82) is 0 Å². The van der Waals surface area contributed by atoms with Gasteiger partial charge in [-0.1, -0.05) is 32.6 Å². The van der Waals surface area contributed by atoms with E-state index >= 15 is 0 Å². The molecule has 0 aromatic heterocycles. The van der Waals surface area contributed by atoms with E-state index in [2.05, 4.69) is 12.2 Å². The molecule has 2 heteroatoms. The zero-order chi connectivity index (χ0) is 10.1. The van der Waals surface area contributed by atoms with Crippen molar-refractivity contribution in [3.8, 4) is 0 Å². The van der Waals surface area contributed by atoms with Crippen LogP contribution in [0.15, 0.2) is 0 Å². The molecule has 0 radical (unpaired) electrons. The number of hydrogen-bond acceptors (Lipinski definition) is 2. The molecule has 0 aliphatic heterocycles. The van der Waals surface area contributed by atoms with Crippen LogP contribution in [0.3, 0.4) is 0 Å².